The van der Waals surface area contributed by atoms with Crippen LogP contribution in [0.3, 0.4) is 0 Å². The van der Waals surface area contributed by atoms with Crippen molar-refractivity contribution in [2.75, 3.05) is 0 Å². The van der Waals surface area contributed by atoms with E-state index in [1.54, 1.807) is 18.3 Å². The maximum Gasteiger partial charge on any atom is 0.312 e. The minimum absolute atomic E-state index is 0.0472. The highest BCUT2D eigenvalue weighted by Gasteiger charge is 2.22. The van der Waals surface area contributed by atoms with Crippen LogP contribution in [0.25, 0.3) is 22.0 Å². The van der Waals surface area contributed by atoms with E-state index in [2.05, 4.69) is 4.98 Å². The van der Waals surface area contributed by atoms with Crippen molar-refractivity contribution in [3.05, 3.63) is 46.5 Å². The predicted molar refractivity (Wildman–Crippen MR) is 82.6 cm³/mol. The molecule has 2 heterocycles. The van der Waals surface area contributed by atoms with Gasteiger partial charge in [0.15, 0.2) is 0 Å². The lowest BCUT2D eigenvalue weighted by atomic mass is 10.0. The third-order valence-electron chi connectivity index (χ3n) is 3.55. The Bertz CT molecular complexity index is 852. The Labute approximate surface area is 129 Å². The van der Waals surface area contributed by atoms with Crippen molar-refractivity contribution >= 4 is 34.5 Å². The molecule has 0 aliphatic rings. The molecule has 2 aromatic heterocycles. The van der Waals surface area contributed by atoms with Crippen LogP contribution in [0.4, 0.5) is 4.39 Å². The second kappa shape index (κ2) is 5.73. The summed E-state index contributed by atoms with van der Waals surface area (Å²) in [6.45, 7) is 0. The third-order valence-corrected chi connectivity index (χ3v) is 4.59. The topological polar surface area (TPSA) is 70.2 Å². The van der Waals surface area contributed by atoms with Gasteiger partial charge in [0.05, 0.1) is 5.92 Å². The molecule has 2 N–H and O–H groups in total. The van der Waals surface area contributed by atoms with Crippen LogP contribution in [-0.2, 0) is 9.59 Å². The van der Waals surface area contributed by atoms with Gasteiger partial charge in [-0.15, -0.1) is 11.3 Å². The van der Waals surface area contributed by atoms with Crippen LogP contribution >= 0.6 is 11.3 Å². The molecule has 112 valence electrons. The summed E-state index contributed by atoms with van der Waals surface area (Å²) in [5.74, 6) is -2.15. The smallest absolute Gasteiger partial charge is 0.312 e. The number of halogens is 1. The van der Waals surface area contributed by atoms with Crippen molar-refractivity contribution < 1.29 is 19.1 Å². The SMILES string of the molecule is O=CCC(C(=O)O)c1cc(-c2c[nH]c3cc(F)ccc23)cs1. The Morgan fingerprint density at radius 2 is 2.23 bits per heavy atom. The average molecular weight is 317 g/mol. The number of rotatable bonds is 5. The number of hydrogen-bond donors (Lipinski definition) is 2. The Balaban J connectivity index is 2.02. The fourth-order valence-electron chi connectivity index (χ4n) is 2.45. The lowest BCUT2D eigenvalue weighted by Crippen LogP contribution is -2.10. The van der Waals surface area contributed by atoms with Crippen LogP contribution in [0.1, 0.15) is 17.2 Å². The van der Waals surface area contributed by atoms with Gasteiger partial charge < -0.3 is 14.9 Å². The summed E-state index contributed by atoms with van der Waals surface area (Å²) in [7, 11) is 0. The molecule has 6 heteroatoms. The number of carbonyl (C=O) groups excluding carboxylic acids is 1. The molecule has 0 saturated carbocycles. The van der Waals surface area contributed by atoms with Crippen LogP contribution in [0.2, 0.25) is 0 Å². The number of benzene rings is 1. The van der Waals surface area contributed by atoms with Crippen molar-refractivity contribution in [2.45, 2.75) is 12.3 Å². The second-order valence-electron chi connectivity index (χ2n) is 4.92. The first-order chi connectivity index (χ1) is 10.6. The second-order valence-corrected chi connectivity index (χ2v) is 5.87. The van der Waals surface area contributed by atoms with E-state index >= 15 is 0 Å². The molecule has 0 fully saturated rings. The molecule has 1 atom stereocenters. The normalized spacial score (nSPS) is 12.4. The van der Waals surface area contributed by atoms with Crippen molar-refractivity contribution in [3.63, 3.8) is 0 Å². The zero-order chi connectivity index (χ0) is 15.7. The molecule has 0 amide bonds. The number of aromatic nitrogens is 1. The Kier molecular flexibility index (Phi) is 3.77. The van der Waals surface area contributed by atoms with Gasteiger partial charge in [0, 0.05) is 34.0 Å². The number of nitrogens with one attached hydrogen (secondary N) is 1. The Morgan fingerprint density at radius 3 is 2.95 bits per heavy atom. The number of aliphatic carboxylic acids is 1. The van der Waals surface area contributed by atoms with Gasteiger partial charge in [-0.05, 0) is 35.2 Å². The Hall–Kier alpha value is -2.47. The standard InChI is InChI=1S/C16H12FNO3S/c17-10-1-2-11-13(7-18-14(11)6-10)9-5-15(22-8-9)12(3-4-19)16(20)21/h1-2,4-8,12,18H,3H2,(H,20,21). The van der Waals surface area contributed by atoms with Crippen LogP contribution in [0.15, 0.2) is 35.8 Å². The zero-order valence-electron chi connectivity index (χ0n) is 11.4. The minimum Gasteiger partial charge on any atom is -0.481 e. The monoisotopic (exact) mass is 317 g/mol. The van der Waals surface area contributed by atoms with Crippen LogP contribution in [-0.4, -0.2) is 22.3 Å². The van der Waals surface area contributed by atoms with E-state index in [1.807, 2.05) is 5.38 Å². The molecule has 0 spiro atoms. The molecule has 0 aliphatic carbocycles. The summed E-state index contributed by atoms with van der Waals surface area (Å²) in [6.07, 6.45) is 2.34. The highest BCUT2D eigenvalue weighted by atomic mass is 32.1. The van der Waals surface area contributed by atoms with Gasteiger partial charge in [0.2, 0.25) is 0 Å². The van der Waals surface area contributed by atoms with Crippen molar-refractivity contribution in [2.24, 2.45) is 0 Å². The molecule has 0 saturated heterocycles. The average Bonchev–Trinajstić information content (AvgIpc) is 3.10. The molecule has 4 nitrogen and oxygen atoms in total. The van der Waals surface area contributed by atoms with Crippen LogP contribution < -0.4 is 0 Å². The van der Waals surface area contributed by atoms with Gasteiger partial charge in [-0.2, -0.15) is 0 Å². The molecular weight excluding hydrogens is 305 g/mol. The van der Waals surface area contributed by atoms with Crippen LogP contribution in [0, 0.1) is 5.82 Å². The summed E-state index contributed by atoms with van der Waals surface area (Å²) >= 11 is 1.31. The number of carbonyl (C=O) groups is 2. The van der Waals surface area contributed by atoms with Gasteiger partial charge in [0.1, 0.15) is 12.1 Å². The van der Waals surface area contributed by atoms with E-state index in [1.165, 1.54) is 23.5 Å². The quantitative estimate of drug-likeness (QED) is 0.703. The summed E-state index contributed by atoms with van der Waals surface area (Å²) in [5, 5.41) is 11.9. The summed E-state index contributed by atoms with van der Waals surface area (Å²) in [5.41, 5.74) is 2.42. The van der Waals surface area contributed by atoms with Crippen molar-refractivity contribution in [1.82, 2.24) is 4.98 Å². The van der Waals surface area contributed by atoms with E-state index in [-0.39, 0.29) is 12.2 Å². The number of fused-ring (bicyclic) bond motifs is 1. The lowest BCUT2D eigenvalue weighted by Gasteiger charge is -2.05. The van der Waals surface area contributed by atoms with Gasteiger partial charge in [0.25, 0.3) is 0 Å². The number of aldehydes is 1. The highest BCUT2D eigenvalue weighted by molar-refractivity contribution is 7.10. The molecular formula is C16H12FNO3S. The molecule has 3 aromatic rings. The fourth-order valence-corrected chi connectivity index (χ4v) is 3.46. The predicted octanol–water partition coefficient (Wildman–Crippen LogP) is 3.79. The van der Waals surface area contributed by atoms with Crippen molar-refractivity contribution in [3.8, 4) is 11.1 Å². The van der Waals surface area contributed by atoms with Gasteiger partial charge >= 0.3 is 5.97 Å². The maximum atomic E-state index is 13.2. The number of hydrogen-bond acceptors (Lipinski definition) is 3. The van der Waals surface area contributed by atoms with E-state index < -0.39 is 11.9 Å². The molecule has 1 unspecified atom stereocenters. The summed E-state index contributed by atoms with van der Waals surface area (Å²) in [6, 6.07) is 6.27. The molecule has 22 heavy (non-hydrogen) atoms. The van der Waals surface area contributed by atoms with Gasteiger partial charge in [-0.1, -0.05) is 0 Å². The van der Waals surface area contributed by atoms with Crippen LogP contribution in [0.5, 0.6) is 0 Å². The summed E-state index contributed by atoms with van der Waals surface area (Å²) in [4.78, 5) is 25.5. The van der Waals surface area contributed by atoms with E-state index in [0.29, 0.717) is 16.7 Å². The van der Waals surface area contributed by atoms with Gasteiger partial charge in [-0.25, -0.2) is 4.39 Å². The number of thiophene rings is 1. The number of carboxylic acid groups (broad SMARTS) is 1. The number of H-pyrrole nitrogens is 1. The van der Waals surface area contributed by atoms with E-state index in [9.17, 15) is 19.1 Å². The largest absolute Gasteiger partial charge is 0.481 e. The maximum absolute atomic E-state index is 13.2. The van der Waals surface area contributed by atoms with Gasteiger partial charge in [-0.3, -0.25) is 4.79 Å². The first-order valence-corrected chi connectivity index (χ1v) is 7.50. The lowest BCUT2D eigenvalue weighted by molar-refractivity contribution is -0.139. The summed E-state index contributed by atoms with van der Waals surface area (Å²) < 4.78 is 13.2. The third kappa shape index (κ3) is 2.53. The van der Waals surface area contributed by atoms with E-state index in [0.717, 1.165) is 16.5 Å². The minimum atomic E-state index is -1.01. The molecule has 3 rings (SSSR count). The van der Waals surface area contributed by atoms with Crippen molar-refractivity contribution in [1.29, 1.82) is 0 Å². The van der Waals surface area contributed by atoms with E-state index in [4.69, 9.17) is 0 Å². The first kappa shape index (κ1) is 14.5. The zero-order valence-corrected chi connectivity index (χ0v) is 12.2. The number of aromatic amines is 1. The molecule has 1 aromatic carbocycles. The number of carboxylic acids is 1. The Morgan fingerprint density at radius 1 is 1.41 bits per heavy atom. The fraction of sp³-hybridized carbons (Fsp3) is 0.125. The molecule has 0 bridgehead atoms. The first-order valence-electron chi connectivity index (χ1n) is 6.62. The highest BCUT2D eigenvalue weighted by Crippen LogP contribution is 2.35. The molecule has 0 radical (unpaired) electrons. The molecule has 0 aliphatic heterocycles.